The topological polar surface area (TPSA) is 94.0 Å². The van der Waals surface area contributed by atoms with Crippen LogP contribution in [0.1, 0.15) is 40.9 Å². The Hall–Kier alpha value is -1.62. The van der Waals surface area contributed by atoms with Crippen LogP contribution in [-0.4, -0.2) is 23.5 Å². The Morgan fingerprint density at radius 1 is 1.47 bits per heavy atom. The minimum absolute atomic E-state index is 0.199. The van der Waals surface area contributed by atoms with Crippen LogP contribution in [0.25, 0.3) is 0 Å². The number of carbonyl (C=O) groups excluding carboxylic acids is 1. The van der Waals surface area contributed by atoms with Crippen LogP contribution in [0.2, 0.25) is 0 Å². The summed E-state index contributed by atoms with van der Waals surface area (Å²) in [5.41, 5.74) is 14.0. The molecule has 5 heteroatoms. The summed E-state index contributed by atoms with van der Waals surface area (Å²) in [6.45, 7) is 0.557. The SMILES string of the molecule is NCC(Nc1nc2c(cc1C(N)=O)CCC2)C1CC1. The van der Waals surface area contributed by atoms with Crippen molar-refractivity contribution in [2.75, 3.05) is 11.9 Å². The number of hydrogen-bond donors (Lipinski definition) is 3. The van der Waals surface area contributed by atoms with Gasteiger partial charge in [-0.1, -0.05) is 0 Å². The molecule has 5 N–H and O–H groups in total. The molecule has 1 fully saturated rings. The second kappa shape index (κ2) is 4.81. The number of aromatic nitrogens is 1. The summed E-state index contributed by atoms with van der Waals surface area (Å²) in [6, 6.07) is 2.10. The van der Waals surface area contributed by atoms with Crippen LogP contribution >= 0.6 is 0 Å². The van der Waals surface area contributed by atoms with Gasteiger partial charge < -0.3 is 16.8 Å². The molecule has 0 spiro atoms. The van der Waals surface area contributed by atoms with Crippen molar-refractivity contribution in [2.45, 2.75) is 38.1 Å². The van der Waals surface area contributed by atoms with E-state index in [1.807, 2.05) is 6.07 Å². The van der Waals surface area contributed by atoms with Gasteiger partial charge in [0.05, 0.1) is 5.56 Å². The van der Waals surface area contributed by atoms with Gasteiger partial charge >= 0.3 is 0 Å². The normalized spacial score (nSPS) is 19.0. The van der Waals surface area contributed by atoms with Gasteiger partial charge in [0.2, 0.25) is 0 Å². The first-order valence-electron chi connectivity index (χ1n) is 6.98. The third kappa shape index (κ3) is 2.42. The molecule has 102 valence electrons. The molecule has 1 aromatic rings. The molecular weight excluding hydrogens is 240 g/mol. The molecule has 0 aromatic carbocycles. The highest BCUT2D eigenvalue weighted by Gasteiger charge is 2.31. The Kier molecular flexibility index (Phi) is 3.14. The first-order valence-corrected chi connectivity index (χ1v) is 6.98. The average molecular weight is 260 g/mol. The number of primary amides is 1. The summed E-state index contributed by atoms with van der Waals surface area (Å²) >= 11 is 0. The van der Waals surface area contributed by atoms with Gasteiger partial charge in [0.15, 0.2) is 0 Å². The monoisotopic (exact) mass is 260 g/mol. The van der Waals surface area contributed by atoms with E-state index in [-0.39, 0.29) is 6.04 Å². The highest BCUT2D eigenvalue weighted by Crippen LogP contribution is 2.34. The maximum absolute atomic E-state index is 11.6. The smallest absolute Gasteiger partial charge is 0.252 e. The molecule has 3 rings (SSSR count). The zero-order chi connectivity index (χ0) is 13.4. The molecule has 2 aliphatic carbocycles. The fraction of sp³-hybridized carbons (Fsp3) is 0.571. The van der Waals surface area contributed by atoms with Gasteiger partial charge in [0, 0.05) is 18.3 Å². The van der Waals surface area contributed by atoms with E-state index in [1.54, 1.807) is 0 Å². The van der Waals surface area contributed by atoms with Gasteiger partial charge in [-0.15, -0.1) is 0 Å². The van der Waals surface area contributed by atoms with Crippen molar-refractivity contribution in [2.24, 2.45) is 17.4 Å². The number of aryl methyl sites for hydroxylation is 2. The number of amides is 1. The molecule has 0 aliphatic heterocycles. The zero-order valence-electron chi connectivity index (χ0n) is 11.0. The third-order valence-electron chi connectivity index (χ3n) is 4.08. The molecule has 1 unspecified atom stereocenters. The van der Waals surface area contributed by atoms with Gasteiger partial charge in [-0.05, 0) is 49.7 Å². The van der Waals surface area contributed by atoms with Crippen molar-refractivity contribution in [3.05, 3.63) is 22.9 Å². The Labute approximate surface area is 112 Å². The lowest BCUT2D eigenvalue weighted by atomic mass is 10.1. The highest BCUT2D eigenvalue weighted by atomic mass is 16.1. The Balaban J connectivity index is 1.91. The first-order chi connectivity index (χ1) is 9.19. The van der Waals surface area contributed by atoms with E-state index in [4.69, 9.17) is 11.5 Å². The summed E-state index contributed by atoms with van der Waals surface area (Å²) in [5, 5.41) is 3.33. The van der Waals surface area contributed by atoms with Crippen LogP contribution < -0.4 is 16.8 Å². The summed E-state index contributed by atoms with van der Waals surface area (Å²) in [4.78, 5) is 16.2. The third-order valence-corrected chi connectivity index (χ3v) is 4.08. The number of nitrogens with zero attached hydrogens (tertiary/aromatic N) is 1. The minimum atomic E-state index is -0.420. The standard InChI is InChI=1S/C14H20N4O/c15-7-12(8-4-5-8)18-14-10(13(16)19)6-9-2-1-3-11(9)17-14/h6,8,12H,1-5,7,15H2,(H2,16,19)(H,17,18). The van der Waals surface area contributed by atoms with Crippen molar-refractivity contribution >= 4 is 11.7 Å². The molecule has 1 atom stereocenters. The van der Waals surface area contributed by atoms with Crippen molar-refractivity contribution in [3.8, 4) is 0 Å². The van der Waals surface area contributed by atoms with Gasteiger partial charge in [0.1, 0.15) is 5.82 Å². The van der Waals surface area contributed by atoms with Crippen molar-refractivity contribution in [1.29, 1.82) is 0 Å². The molecule has 1 aromatic heterocycles. The van der Waals surface area contributed by atoms with Gasteiger partial charge in [-0.2, -0.15) is 0 Å². The average Bonchev–Trinajstić information content (AvgIpc) is 3.13. The molecule has 1 saturated carbocycles. The number of pyridine rings is 1. The molecular formula is C14H20N4O. The summed E-state index contributed by atoms with van der Waals surface area (Å²) in [6.07, 6.45) is 5.48. The summed E-state index contributed by atoms with van der Waals surface area (Å²) < 4.78 is 0. The zero-order valence-corrected chi connectivity index (χ0v) is 11.0. The van der Waals surface area contributed by atoms with E-state index in [1.165, 1.54) is 12.8 Å². The number of carbonyl (C=O) groups is 1. The second-order valence-electron chi connectivity index (χ2n) is 5.53. The van der Waals surface area contributed by atoms with Gasteiger partial charge in [-0.25, -0.2) is 4.98 Å². The molecule has 1 heterocycles. The highest BCUT2D eigenvalue weighted by molar-refractivity contribution is 5.97. The quantitative estimate of drug-likeness (QED) is 0.730. The van der Waals surface area contributed by atoms with E-state index in [0.717, 1.165) is 30.5 Å². The number of rotatable bonds is 5. The van der Waals surface area contributed by atoms with Crippen LogP contribution in [0.5, 0.6) is 0 Å². The van der Waals surface area contributed by atoms with Crippen LogP contribution in [0.15, 0.2) is 6.07 Å². The number of anilines is 1. The summed E-state index contributed by atoms with van der Waals surface area (Å²) in [7, 11) is 0. The van der Waals surface area contributed by atoms with E-state index >= 15 is 0 Å². The summed E-state index contributed by atoms with van der Waals surface area (Å²) in [5.74, 6) is 0.813. The Morgan fingerprint density at radius 2 is 2.26 bits per heavy atom. The minimum Gasteiger partial charge on any atom is -0.365 e. The predicted molar refractivity (Wildman–Crippen MR) is 74.0 cm³/mol. The predicted octanol–water partition coefficient (Wildman–Crippen LogP) is 0.818. The molecule has 5 nitrogen and oxygen atoms in total. The van der Waals surface area contributed by atoms with Crippen molar-refractivity contribution in [1.82, 2.24) is 4.98 Å². The van der Waals surface area contributed by atoms with E-state index in [0.29, 0.717) is 23.8 Å². The maximum atomic E-state index is 11.6. The lowest BCUT2D eigenvalue weighted by Gasteiger charge is -2.19. The number of nitrogens with one attached hydrogen (secondary N) is 1. The first kappa shape index (κ1) is 12.4. The van der Waals surface area contributed by atoms with E-state index < -0.39 is 5.91 Å². The van der Waals surface area contributed by atoms with Crippen molar-refractivity contribution in [3.63, 3.8) is 0 Å². The van der Waals surface area contributed by atoms with E-state index in [2.05, 4.69) is 10.3 Å². The van der Waals surface area contributed by atoms with Gasteiger partial charge in [-0.3, -0.25) is 4.79 Å². The van der Waals surface area contributed by atoms with Crippen LogP contribution in [-0.2, 0) is 12.8 Å². The van der Waals surface area contributed by atoms with Crippen LogP contribution in [0.3, 0.4) is 0 Å². The number of nitrogens with two attached hydrogens (primary N) is 2. The molecule has 19 heavy (non-hydrogen) atoms. The van der Waals surface area contributed by atoms with E-state index in [9.17, 15) is 4.79 Å². The second-order valence-corrected chi connectivity index (χ2v) is 5.53. The maximum Gasteiger partial charge on any atom is 0.252 e. The molecule has 2 aliphatic rings. The molecule has 0 bridgehead atoms. The fourth-order valence-electron chi connectivity index (χ4n) is 2.81. The lowest BCUT2D eigenvalue weighted by molar-refractivity contribution is 0.100. The molecule has 1 amide bonds. The molecule has 0 saturated heterocycles. The molecule has 0 radical (unpaired) electrons. The Bertz CT molecular complexity index is 510. The largest absolute Gasteiger partial charge is 0.365 e. The van der Waals surface area contributed by atoms with Crippen LogP contribution in [0.4, 0.5) is 5.82 Å². The Morgan fingerprint density at radius 3 is 2.89 bits per heavy atom. The fourth-order valence-corrected chi connectivity index (χ4v) is 2.81. The number of hydrogen-bond acceptors (Lipinski definition) is 4. The van der Waals surface area contributed by atoms with Crippen LogP contribution in [0, 0.1) is 5.92 Å². The van der Waals surface area contributed by atoms with Crippen molar-refractivity contribution < 1.29 is 4.79 Å². The number of fused-ring (bicyclic) bond motifs is 1. The van der Waals surface area contributed by atoms with Gasteiger partial charge in [0.25, 0.3) is 5.91 Å². The lowest BCUT2D eigenvalue weighted by Crippen LogP contribution is -2.32.